The van der Waals surface area contributed by atoms with Crippen molar-refractivity contribution in [2.45, 2.75) is 154 Å². The zero-order chi connectivity index (χ0) is 85.9. The number of hydrogen-bond acceptors (Lipinski definition) is 18. The predicted molar refractivity (Wildman–Crippen MR) is 445 cm³/mol. The predicted octanol–water partition coefficient (Wildman–Crippen LogP) is 10.3. The second kappa shape index (κ2) is 28.4. The van der Waals surface area contributed by atoms with E-state index in [1.807, 2.05) is 104 Å². The highest BCUT2D eigenvalue weighted by Crippen LogP contribution is 2.52. The number of benzene rings is 8. The molecule has 4 aromatic heterocycles. The maximum Gasteiger partial charge on any atom is 0.352 e. The third-order valence-corrected chi connectivity index (χ3v) is 23.5. The average molecular weight is 1640 g/mol. The van der Waals surface area contributed by atoms with Crippen LogP contribution in [0.5, 0.6) is 57.5 Å². The highest BCUT2D eigenvalue weighted by atomic mass is 19.1. The zero-order valence-electron chi connectivity index (χ0n) is 68.4. The van der Waals surface area contributed by atoms with Crippen LogP contribution >= 0.6 is 0 Å². The summed E-state index contributed by atoms with van der Waals surface area (Å²) in [5, 5.41) is 39.7. The molecular weight excluding hydrogens is 1560 g/mol. The fourth-order valence-electron chi connectivity index (χ4n) is 17.6. The Morgan fingerprint density at radius 1 is 0.339 bits per heavy atom. The van der Waals surface area contributed by atoms with E-state index >= 15 is 0 Å². The Labute approximate surface area is 688 Å². The van der Waals surface area contributed by atoms with E-state index in [0.717, 1.165) is 53.7 Å². The molecule has 8 aliphatic rings. The van der Waals surface area contributed by atoms with Gasteiger partial charge in [0.2, 0.25) is 0 Å². The summed E-state index contributed by atoms with van der Waals surface area (Å²) >= 11 is 0. The molecule has 8 aliphatic heterocycles. The molecule has 0 fully saturated rings. The molecule has 4 N–H and O–H groups in total. The van der Waals surface area contributed by atoms with Gasteiger partial charge in [-0.2, -0.15) is 0 Å². The van der Waals surface area contributed by atoms with E-state index in [2.05, 4.69) is 20.8 Å². The number of halogens is 1. The van der Waals surface area contributed by atoms with Gasteiger partial charge in [-0.25, -0.2) is 98.5 Å². The number of allylic oxidation sites excluding steroid dienone is 4. The summed E-state index contributed by atoms with van der Waals surface area (Å²) < 4.78 is 64.4. The topological polar surface area (TPSA) is 332 Å². The van der Waals surface area contributed by atoms with E-state index in [1.54, 1.807) is 104 Å². The van der Waals surface area contributed by atoms with Gasteiger partial charge in [0.05, 0.1) is 63.1 Å². The summed E-state index contributed by atoms with van der Waals surface area (Å²) in [6.45, 7) is 22.7. The lowest BCUT2D eigenvalue weighted by molar-refractivity contribution is 0.112. The fourth-order valence-corrected chi connectivity index (χ4v) is 17.6. The lowest BCUT2D eigenvalue weighted by Gasteiger charge is -2.42. The molecule has 622 valence electrons. The Balaban J connectivity index is 0.000000115. The SMILES string of the molecule is CC1(C)Oc2cc(O)ccc2C2C1=CCn1c(=O)n(-c3ccc(C(C)(C)C)cc3)c(=O)n12.CC1(C)Oc2cc(O)ccc2C2C1=CCn1c(=O)n(-c3ccc(F)cc3)c(=O)n12.COc1ccc(-n2c(=O)n3n(c2=O)C2C(=CC3)C(C)(C)Oc3cc(O)ccc32)cc1.COc1cccc(-n2c(=O)n3n(c2=O)C2C(=CC3)C(C)(C)Oc3cc(O)ccc32)c1. The Morgan fingerprint density at radius 3 is 0.893 bits per heavy atom. The normalized spacial score (nSPS) is 18.7. The number of hydrogen-bond donors (Lipinski definition) is 4. The lowest BCUT2D eigenvalue weighted by atomic mass is 9.83. The molecule has 4 unspecified atom stereocenters. The molecule has 31 heteroatoms. The van der Waals surface area contributed by atoms with Crippen LogP contribution in [0, 0.1) is 5.82 Å². The molecule has 0 bridgehead atoms. The third kappa shape index (κ3) is 13.0. The molecule has 121 heavy (non-hydrogen) atoms. The van der Waals surface area contributed by atoms with E-state index in [0.29, 0.717) is 62.8 Å². The highest BCUT2D eigenvalue weighted by molar-refractivity contribution is 5.56. The number of methoxy groups -OCH3 is 2. The summed E-state index contributed by atoms with van der Waals surface area (Å²) in [6, 6.07) is 43.6. The van der Waals surface area contributed by atoms with Crippen LogP contribution < -0.4 is 73.9 Å². The average Bonchev–Trinajstić information content (AvgIpc) is 1.61. The number of aromatic hydroxyl groups is 4. The quantitative estimate of drug-likeness (QED) is 0.112. The van der Waals surface area contributed by atoms with Gasteiger partial charge in [-0.1, -0.05) is 63.3 Å². The van der Waals surface area contributed by atoms with Crippen LogP contribution in [-0.2, 0) is 31.6 Å². The number of phenolic OH excluding ortho intramolecular Hbond substituents is 4. The van der Waals surface area contributed by atoms with Crippen molar-refractivity contribution in [1.82, 2.24) is 55.7 Å². The minimum atomic E-state index is -0.732. The maximum atomic E-state index is 13.6. The third-order valence-electron chi connectivity index (χ3n) is 23.5. The Kier molecular flexibility index (Phi) is 18.6. The molecule has 30 nitrogen and oxygen atoms in total. The van der Waals surface area contributed by atoms with Gasteiger partial charge in [0, 0.05) is 52.6 Å². The summed E-state index contributed by atoms with van der Waals surface area (Å²) in [4.78, 5) is 107. The molecule has 0 spiro atoms. The van der Waals surface area contributed by atoms with E-state index in [4.69, 9.17) is 28.4 Å². The molecule has 0 saturated carbocycles. The van der Waals surface area contributed by atoms with Gasteiger partial charge in [-0.15, -0.1) is 0 Å². The minimum absolute atomic E-state index is 0.0275. The number of nitrogens with zero attached hydrogens (tertiary/aromatic N) is 12. The molecule has 0 saturated heterocycles. The van der Waals surface area contributed by atoms with Crippen molar-refractivity contribution in [2.24, 2.45) is 0 Å². The van der Waals surface area contributed by atoms with Crippen LogP contribution in [0.1, 0.15) is 128 Å². The summed E-state index contributed by atoms with van der Waals surface area (Å²) in [5.74, 6) is 2.98. The zero-order valence-corrected chi connectivity index (χ0v) is 68.4. The molecule has 0 aliphatic carbocycles. The van der Waals surface area contributed by atoms with Crippen LogP contribution in [0.2, 0.25) is 0 Å². The number of phenols is 4. The van der Waals surface area contributed by atoms with Gasteiger partial charge in [-0.05, 0) is 210 Å². The first-order valence-corrected chi connectivity index (χ1v) is 39.2. The number of fused-ring (bicyclic) bond motifs is 20. The highest BCUT2D eigenvalue weighted by Gasteiger charge is 2.49. The number of ether oxygens (including phenoxy) is 6. The first kappa shape index (κ1) is 79.1. The first-order valence-electron chi connectivity index (χ1n) is 39.2. The van der Waals surface area contributed by atoms with E-state index < -0.39 is 92.2 Å². The van der Waals surface area contributed by atoms with Gasteiger partial charge < -0.3 is 48.8 Å². The van der Waals surface area contributed by atoms with Crippen molar-refractivity contribution in [3.8, 4) is 80.2 Å². The second-order valence-corrected chi connectivity index (χ2v) is 33.6. The van der Waals surface area contributed by atoms with Crippen LogP contribution in [-0.4, -0.2) is 113 Å². The van der Waals surface area contributed by atoms with Gasteiger partial charge >= 0.3 is 45.5 Å². The lowest BCUT2D eigenvalue weighted by Crippen LogP contribution is -2.46. The van der Waals surface area contributed by atoms with Gasteiger partial charge in [-0.3, -0.25) is 0 Å². The van der Waals surface area contributed by atoms with Crippen LogP contribution in [0.25, 0.3) is 22.7 Å². The van der Waals surface area contributed by atoms with Crippen LogP contribution in [0.15, 0.2) is 255 Å². The van der Waals surface area contributed by atoms with Crippen molar-refractivity contribution >= 4 is 0 Å². The summed E-state index contributed by atoms with van der Waals surface area (Å²) in [5.41, 5.74) is 2.95. The van der Waals surface area contributed by atoms with Crippen molar-refractivity contribution < 1.29 is 53.2 Å². The van der Waals surface area contributed by atoms with E-state index in [9.17, 15) is 63.2 Å². The largest absolute Gasteiger partial charge is 0.508 e. The molecule has 8 aromatic carbocycles. The van der Waals surface area contributed by atoms with Gasteiger partial charge in [0.25, 0.3) is 0 Å². The van der Waals surface area contributed by atoms with Crippen molar-refractivity contribution in [2.75, 3.05) is 14.2 Å². The monoisotopic (exact) mass is 1640 g/mol. The molecule has 12 heterocycles. The molecule has 12 aromatic rings. The maximum absolute atomic E-state index is 13.6. The van der Waals surface area contributed by atoms with Gasteiger partial charge in [0.1, 0.15) is 110 Å². The van der Waals surface area contributed by atoms with Crippen molar-refractivity contribution in [3.05, 3.63) is 334 Å². The van der Waals surface area contributed by atoms with E-state index in [-0.39, 0.29) is 60.3 Å². The van der Waals surface area contributed by atoms with E-state index in [1.165, 1.54) is 102 Å². The summed E-state index contributed by atoms with van der Waals surface area (Å²) in [7, 11) is 3.09. The number of aromatic nitrogens is 12. The van der Waals surface area contributed by atoms with Gasteiger partial charge in [0.15, 0.2) is 0 Å². The smallest absolute Gasteiger partial charge is 0.352 e. The van der Waals surface area contributed by atoms with Crippen molar-refractivity contribution in [1.29, 1.82) is 0 Å². The Bertz CT molecular complexity index is 6970. The second-order valence-electron chi connectivity index (χ2n) is 33.6. The molecule has 0 amide bonds. The summed E-state index contributed by atoms with van der Waals surface area (Å²) in [6.07, 6.45) is 7.75. The molecular formula is C90H87FN12O18. The Hall–Kier alpha value is -14.4. The first-order chi connectivity index (χ1) is 57.4. The fraction of sp³-hybridized carbons (Fsp3) is 0.289. The van der Waals surface area contributed by atoms with Crippen LogP contribution in [0.3, 0.4) is 0 Å². The van der Waals surface area contributed by atoms with Crippen molar-refractivity contribution in [3.63, 3.8) is 0 Å². The number of rotatable bonds is 6. The molecule has 0 radical (unpaired) electrons. The molecule has 4 atom stereocenters. The standard InChI is InChI=1S/C25H27N3O4.2C22H21N3O5.C21H18FN3O4/c1-24(2,3)15-6-8-16(9-7-15)27-22(30)26-13-12-19-21(28(26)23(27)31)18-11-10-17(29)14-20(18)32-25(19,4)5;1-22(2)17-10-11-23-20(27)24(13-4-7-15(29-3)8-5-13)21(28)25(23)19(17)16-9-6-14(26)12-18(16)30-22;1-22(2)17-9-10-23-20(27)24(13-5-4-6-15(11-13)29-3)21(28)25(23)19(17)16-8-7-14(26)12-18(16)30-22;1-21(2)16-9-10-23-19(27)24(13-5-3-12(22)4-6-13)20(28)25(23)18(16)15-8-7-14(26)11-17(15)29-21/h6-12,14,21,29H,13H2,1-5H3;4-10,12,19,26H,11H2,1-3H3;4-9,11-12,19,26H,10H2,1-3H3;3-9,11,18,26H,10H2,1-2H3. The minimum Gasteiger partial charge on any atom is -0.508 e. The Morgan fingerprint density at radius 2 is 0.612 bits per heavy atom. The molecule has 20 rings (SSSR count). The van der Waals surface area contributed by atoms with Crippen LogP contribution in [0.4, 0.5) is 4.39 Å².